The lowest BCUT2D eigenvalue weighted by atomic mass is 10.1. The zero-order valence-electron chi connectivity index (χ0n) is 17.0. The van der Waals surface area contributed by atoms with E-state index in [1.54, 1.807) is 53.6 Å². The Morgan fingerprint density at radius 2 is 2.09 bits per heavy atom. The number of pyridine rings is 1. The summed E-state index contributed by atoms with van der Waals surface area (Å²) in [6, 6.07) is 9.79. The van der Waals surface area contributed by atoms with Crippen LogP contribution < -0.4 is 4.90 Å². The highest BCUT2D eigenvalue weighted by molar-refractivity contribution is 5.90. The van der Waals surface area contributed by atoms with Gasteiger partial charge in [0, 0.05) is 24.2 Å². The van der Waals surface area contributed by atoms with Crippen molar-refractivity contribution in [3.8, 4) is 22.5 Å². The number of fused-ring (bicyclic) bond motifs is 1. The second-order valence-electron chi connectivity index (χ2n) is 7.39. The van der Waals surface area contributed by atoms with Crippen LogP contribution in [0.1, 0.15) is 11.6 Å². The van der Waals surface area contributed by atoms with Gasteiger partial charge in [-0.1, -0.05) is 12.1 Å². The van der Waals surface area contributed by atoms with Crippen molar-refractivity contribution in [2.75, 3.05) is 11.5 Å². The van der Waals surface area contributed by atoms with Gasteiger partial charge in [0.1, 0.15) is 30.6 Å². The van der Waals surface area contributed by atoms with Gasteiger partial charge in [0.05, 0.1) is 11.8 Å². The summed E-state index contributed by atoms with van der Waals surface area (Å²) in [7, 11) is 0. The maximum Gasteiger partial charge on any atom is 0.416 e. The van der Waals surface area contributed by atoms with E-state index in [1.165, 1.54) is 17.3 Å². The number of carbonyl (C=O) groups excluding carboxylic acids is 1. The molecule has 0 aliphatic carbocycles. The Morgan fingerprint density at radius 1 is 1.15 bits per heavy atom. The van der Waals surface area contributed by atoms with Crippen molar-refractivity contribution >= 4 is 17.6 Å². The first-order chi connectivity index (χ1) is 16.2. The van der Waals surface area contributed by atoms with Crippen molar-refractivity contribution in [3.63, 3.8) is 0 Å². The lowest BCUT2D eigenvalue weighted by Gasteiger charge is -2.20. The Bertz CT molecular complexity index is 1470. The molecule has 1 aliphatic heterocycles. The number of ether oxygens (including phenoxy) is 1. The molecule has 0 bridgehead atoms. The van der Waals surface area contributed by atoms with Crippen LogP contribution in [0, 0.1) is 5.82 Å². The molecule has 1 aromatic carbocycles. The first-order valence-electron chi connectivity index (χ1n) is 10.0. The van der Waals surface area contributed by atoms with Gasteiger partial charge >= 0.3 is 6.09 Å². The molecule has 4 aromatic heterocycles. The molecule has 5 aromatic rings. The van der Waals surface area contributed by atoms with Crippen LogP contribution in [0.25, 0.3) is 28.2 Å². The number of aromatic nitrogens is 7. The zero-order chi connectivity index (χ0) is 22.4. The van der Waals surface area contributed by atoms with Crippen molar-refractivity contribution in [1.82, 2.24) is 34.8 Å². The van der Waals surface area contributed by atoms with E-state index in [2.05, 4.69) is 30.2 Å². The number of carbonyl (C=O) groups is 1. The van der Waals surface area contributed by atoms with E-state index in [9.17, 15) is 9.18 Å². The maximum absolute atomic E-state index is 14.8. The number of nitrogens with one attached hydrogen (secondary N) is 1. The molecule has 6 rings (SSSR count). The third-order valence-electron chi connectivity index (χ3n) is 5.49. The molecule has 0 radical (unpaired) electrons. The average molecular weight is 442 g/mol. The topological polar surface area (TPSA) is 114 Å². The van der Waals surface area contributed by atoms with Crippen molar-refractivity contribution in [2.24, 2.45) is 0 Å². The summed E-state index contributed by atoms with van der Waals surface area (Å²) in [4.78, 5) is 26.8. The normalized spacial score (nSPS) is 15.8. The largest absolute Gasteiger partial charge is 0.447 e. The molecule has 1 N–H and O–H groups in total. The molecular formula is C22H15FN8O2. The smallest absolute Gasteiger partial charge is 0.416 e. The molecule has 10 nitrogen and oxygen atoms in total. The number of benzene rings is 1. The number of hydrogen-bond donors (Lipinski definition) is 1. The highest BCUT2D eigenvalue weighted by Crippen LogP contribution is 2.33. The Balaban J connectivity index is 1.41. The summed E-state index contributed by atoms with van der Waals surface area (Å²) in [6.07, 6.45) is 7.50. The third-order valence-corrected chi connectivity index (χ3v) is 5.49. The highest BCUT2D eigenvalue weighted by Gasteiger charge is 2.36. The second kappa shape index (κ2) is 7.48. The summed E-state index contributed by atoms with van der Waals surface area (Å²) >= 11 is 0. The predicted octanol–water partition coefficient (Wildman–Crippen LogP) is 3.41. The standard InChI is InChI=1S/C22H15FN8O2/c23-17-8-13(3-4-15(17)20-25-12-26-29-20)16-10-27-30-7-5-19(28-21(16)30)31-18(11-33-22(31)32)14-2-1-6-24-9-14/h1-10,12,18H,11H2,(H,25,26,29). The van der Waals surface area contributed by atoms with Gasteiger partial charge in [0.25, 0.3) is 0 Å². The van der Waals surface area contributed by atoms with Crippen LogP contribution in [-0.4, -0.2) is 47.5 Å². The molecule has 1 unspecified atom stereocenters. The van der Waals surface area contributed by atoms with E-state index in [-0.39, 0.29) is 12.6 Å². The van der Waals surface area contributed by atoms with Crippen molar-refractivity contribution in [2.45, 2.75) is 6.04 Å². The summed E-state index contributed by atoms with van der Waals surface area (Å²) in [5.41, 5.74) is 2.82. The van der Waals surface area contributed by atoms with E-state index >= 15 is 0 Å². The first-order valence-corrected chi connectivity index (χ1v) is 10.0. The number of H-pyrrole nitrogens is 1. The minimum Gasteiger partial charge on any atom is -0.447 e. The van der Waals surface area contributed by atoms with E-state index in [0.717, 1.165) is 5.56 Å². The number of halogens is 1. The van der Waals surface area contributed by atoms with Gasteiger partial charge < -0.3 is 4.74 Å². The van der Waals surface area contributed by atoms with Gasteiger partial charge in [-0.3, -0.25) is 15.0 Å². The van der Waals surface area contributed by atoms with Crippen LogP contribution in [0.2, 0.25) is 0 Å². The number of amides is 1. The molecule has 0 saturated carbocycles. The monoisotopic (exact) mass is 442 g/mol. The van der Waals surface area contributed by atoms with Crippen molar-refractivity contribution in [1.29, 1.82) is 0 Å². The van der Waals surface area contributed by atoms with Gasteiger partial charge in [-0.25, -0.2) is 23.7 Å². The van der Waals surface area contributed by atoms with E-state index in [0.29, 0.717) is 34.0 Å². The lowest BCUT2D eigenvalue weighted by Crippen LogP contribution is -2.28. The zero-order valence-corrected chi connectivity index (χ0v) is 17.0. The molecule has 0 spiro atoms. The number of aromatic amines is 1. The van der Waals surface area contributed by atoms with Gasteiger partial charge in [0.15, 0.2) is 11.5 Å². The molecule has 1 aliphatic rings. The van der Waals surface area contributed by atoms with Crippen LogP contribution >= 0.6 is 0 Å². The van der Waals surface area contributed by atoms with Crippen LogP contribution in [0.5, 0.6) is 0 Å². The Morgan fingerprint density at radius 3 is 2.88 bits per heavy atom. The van der Waals surface area contributed by atoms with Crippen molar-refractivity contribution in [3.05, 3.63) is 78.9 Å². The van der Waals surface area contributed by atoms with Gasteiger partial charge in [-0.15, -0.1) is 0 Å². The minimum atomic E-state index is -0.496. The molecule has 162 valence electrons. The van der Waals surface area contributed by atoms with E-state index in [4.69, 9.17) is 4.74 Å². The molecule has 1 saturated heterocycles. The lowest BCUT2D eigenvalue weighted by molar-refractivity contribution is 0.179. The SMILES string of the molecule is O=C1OCC(c2cccnc2)N1c1ccn2ncc(-c3ccc(-c4ncn[nH]4)c(F)c3)c2n1. The van der Waals surface area contributed by atoms with Crippen LogP contribution in [0.15, 0.2) is 67.5 Å². The third kappa shape index (κ3) is 3.17. The maximum atomic E-state index is 14.8. The van der Waals surface area contributed by atoms with E-state index in [1.807, 2.05) is 6.07 Å². The summed E-state index contributed by atoms with van der Waals surface area (Å²) < 4.78 is 21.7. The number of anilines is 1. The fraction of sp³-hybridized carbons (Fsp3) is 0.0909. The molecule has 11 heteroatoms. The predicted molar refractivity (Wildman–Crippen MR) is 115 cm³/mol. The number of cyclic esters (lactones) is 1. The summed E-state index contributed by atoms with van der Waals surface area (Å²) in [5.74, 6) is 0.284. The highest BCUT2D eigenvalue weighted by atomic mass is 19.1. The fourth-order valence-corrected chi connectivity index (χ4v) is 3.90. The van der Waals surface area contributed by atoms with Gasteiger partial charge in [-0.05, 0) is 35.4 Å². The summed E-state index contributed by atoms with van der Waals surface area (Å²) in [6.45, 7) is 0.192. The molecule has 1 fully saturated rings. The number of nitrogens with zero attached hydrogens (tertiary/aromatic N) is 7. The first kappa shape index (κ1) is 19.0. The molecule has 5 heterocycles. The Kier molecular flexibility index (Phi) is 4.32. The molecule has 33 heavy (non-hydrogen) atoms. The number of hydrogen-bond acceptors (Lipinski definition) is 7. The van der Waals surface area contributed by atoms with Crippen LogP contribution in [0.3, 0.4) is 0 Å². The van der Waals surface area contributed by atoms with Crippen LogP contribution in [-0.2, 0) is 4.74 Å². The van der Waals surface area contributed by atoms with Gasteiger partial charge in [-0.2, -0.15) is 10.2 Å². The number of rotatable bonds is 4. The second-order valence-corrected chi connectivity index (χ2v) is 7.39. The van der Waals surface area contributed by atoms with Crippen LogP contribution in [0.4, 0.5) is 15.0 Å². The molecule has 1 atom stereocenters. The van der Waals surface area contributed by atoms with E-state index < -0.39 is 11.9 Å². The Hall–Kier alpha value is -4.67. The fourth-order valence-electron chi connectivity index (χ4n) is 3.90. The van der Waals surface area contributed by atoms with Crippen molar-refractivity contribution < 1.29 is 13.9 Å². The Labute approximate surface area is 185 Å². The quantitative estimate of drug-likeness (QED) is 0.454. The summed E-state index contributed by atoms with van der Waals surface area (Å²) in [5, 5.41) is 10.7. The van der Waals surface area contributed by atoms with Gasteiger partial charge in [0.2, 0.25) is 0 Å². The minimum absolute atomic E-state index is 0.192. The molecular weight excluding hydrogens is 427 g/mol. The molecule has 1 amide bonds. The average Bonchev–Trinajstić information content (AvgIpc) is 3.59.